The standard InChI is InChI=1S/C17H15ClN6/c1-10-8-15(24-23-10)21-17-13-9-12(18)2-3-14(13)20-16(22-17)11-4-6-19-7-5-11/h2-10,23-24H,1H3,(H,20,21,22). The third-order valence-electron chi connectivity index (χ3n) is 3.70. The first kappa shape index (κ1) is 14.9. The molecule has 0 amide bonds. The normalized spacial score (nSPS) is 16.8. The molecule has 120 valence electrons. The van der Waals surface area contributed by atoms with Crippen LogP contribution in [0.15, 0.2) is 54.6 Å². The number of nitrogens with one attached hydrogen (secondary N) is 3. The Balaban J connectivity index is 1.85. The minimum Gasteiger partial charge on any atom is -0.325 e. The van der Waals surface area contributed by atoms with E-state index in [1.54, 1.807) is 12.4 Å². The highest BCUT2D eigenvalue weighted by atomic mass is 35.5. The van der Waals surface area contributed by atoms with Gasteiger partial charge in [-0.25, -0.2) is 15.4 Å². The van der Waals surface area contributed by atoms with Gasteiger partial charge >= 0.3 is 0 Å². The minimum atomic E-state index is 0.240. The Morgan fingerprint density at radius 3 is 2.71 bits per heavy atom. The van der Waals surface area contributed by atoms with E-state index in [4.69, 9.17) is 11.6 Å². The summed E-state index contributed by atoms with van der Waals surface area (Å²) in [6.07, 6.45) is 5.50. The molecule has 0 radical (unpaired) electrons. The number of halogens is 1. The number of hydrogen-bond donors (Lipinski definition) is 3. The third-order valence-corrected chi connectivity index (χ3v) is 3.94. The van der Waals surface area contributed by atoms with Gasteiger partial charge < -0.3 is 10.7 Å². The molecule has 6 nitrogen and oxygen atoms in total. The first-order valence-corrected chi connectivity index (χ1v) is 7.95. The van der Waals surface area contributed by atoms with Crippen LogP contribution in [0.4, 0.5) is 5.82 Å². The van der Waals surface area contributed by atoms with Gasteiger partial charge in [0, 0.05) is 34.4 Å². The van der Waals surface area contributed by atoms with Gasteiger partial charge in [-0.1, -0.05) is 11.6 Å². The molecule has 0 bridgehead atoms. The highest BCUT2D eigenvalue weighted by molar-refractivity contribution is 6.31. The maximum absolute atomic E-state index is 6.15. The van der Waals surface area contributed by atoms with E-state index in [9.17, 15) is 0 Å². The van der Waals surface area contributed by atoms with Gasteiger partial charge in [-0.15, -0.1) is 0 Å². The topological polar surface area (TPSA) is 74.8 Å². The van der Waals surface area contributed by atoms with E-state index < -0.39 is 0 Å². The zero-order valence-corrected chi connectivity index (χ0v) is 13.7. The maximum atomic E-state index is 6.15. The molecule has 24 heavy (non-hydrogen) atoms. The van der Waals surface area contributed by atoms with Gasteiger partial charge in [0.25, 0.3) is 0 Å². The van der Waals surface area contributed by atoms with Crippen molar-refractivity contribution in [1.29, 1.82) is 0 Å². The van der Waals surface area contributed by atoms with Gasteiger partial charge in [0.15, 0.2) is 5.82 Å². The molecule has 2 aromatic heterocycles. The lowest BCUT2D eigenvalue weighted by atomic mass is 10.2. The lowest BCUT2D eigenvalue weighted by molar-refractivity contribution is 0.609. The molecule has 4 rings (SSSR count). The fourth-order valence-electron chi connectivity index (χ4n) is 2.55. The highest BCUT2D eigenvalue weighted by Crippen LogP contribution is 2.28. The summed E-state index contributed by atoms with van der Waals surface area (Å²) in [5, 5.41) is 4.82. The van der Waals surface area contributed by atoms with Crippen LogP contribution in [-0.2, 0) is 0 Å². The zero-order chi connectivity index (χ0) is 16.5. The Morgan fingerprint density at radius 1 is 1.12 bits per heavy atom. The summed E-state index contributed by atoms with van der Waals surface area (Å²) in [4.78, 5) is 13.4. The Labute approximate surface area is 144 Å². The zero-order valence-electron chi connectivity index (χ0n) is 12.9. The Kier molecular flexibility index (Phi) is 3.76. The number of aromatic nitrogens is 3. The molecule has 1 aliphatic heterocycles. The second-order valence-corrected chi connectivity index (χ2v) is 5.99. The molecule has 1 aliphatic rings. The number of fused-ring (bicyclic) bond motifs is 1. The second kappa shape index (κ2) is 6.07. The Morgan fingerprint density at radius 2 is 1.96 bits per heavy atom. The smallest absolute Gasteiger partial charge is 0.162 e. The lowest BCUT2D eigenvalue weighted by Gasteiger charge is -2.12. The summed E-state index contributed by atoms with van der Waals surface area (Å²) in [5.74, 6) is 2.18. The summed E-state index contributed by atoms with van der Waals surface area (Å²) in [6, 6.07) is 9.60. The van der Waals surface area contributed by atoms with Crippen LogP contribution in [-0.4, -0.2) is 21.0 Å². The molecule has 3 N–H and O–H groups in total. The van der Waals surface area contributed by atoms with Gasteiger partial charge in [0.1, 0.15) is 11.6 Å². The van der Waals surface area contributed by atoms with Crippen LogP contribution < -0.4 is 16.2 Å². The summed E-state index contributed by atoms with van der Waals surface area (Å²) in [6.45, 7) is 2.05. The van der Waals surface area contributed by atoms with Crippen LogP contribution in [0, 0.1) is 0 Å². The molecule has 0 fully saturated rings. The molecule has 3 aromatic rings. The van der Waals surface area contributed by atoms with Gasteiger partial charge in [0.05, 0.1) is 5.52 Å². The summed E-state index contributed by atoms with van der Waals surface area (Å²) < 4.78 is 0. The van der Waals surface area contributed by atoms with Crippen molar-refractivity contribution < 1.29 is 0 Å². The highest BCUT2D eigenvalue weighted by Gasteiger charge is 2.14. The molecule has 0 aliphatic carbocycles. The number of pyridine rings is 1. The van der Waals surface area contributed by atoms with Crippen LogP contribution in [0.2, 0.25) is 5.02 Å². The van der Waals surface area contributed by atoms with Gasteiger partial charge in [0.2, 0.25) is 0 Å². The van der Waals surface area contributed by atoms with Gasteiger partial charge in [-0.3, -0.25) is 4.98 Å². The van der Waals surface area contributed by atoms with Crippen LogP contribution in [0.3, 0.4) is 0 Å². The molecule has 1 unspecified atom stereocenters. The molecule has 0 saturated carbocycles. The number of nitrogens with zero attached hydrogens (tertiary/aromatic N) is 3. The van der Waals surface area contributed by atoms with Crippen molar-refractivity contribution in [1.82, 2.24) is 25.8 Å². The number of hydrogen-bond acceptors (Lipinski definition) is 6. The SMILES string of the molecule is CC1C=C(Nc2nc(-c3ccncc3)nc3ccc(Cl)cc23)NN1. The summed E-state index contributed by atoms with van der Waals surface area (Å²) in [7, 11) is 0. The van der Waals surface area contributed by atoms with Gasteiger partial charge in [-0.05, 0) is 43.3 Å². The maximum Gasteiger partial charge on any atom is 0.162 e. The molecule has 7 heteroatoms. The lowest BCUT2D eigenvalue weighted by Crippen LogP contribution is -2.31. The van der Waals surface area contributed by atoms with E-state index in [1.807, 2.05) is 36.4 Å². The van der Waals surface area contributed by atoms with Crippen molar-refractivity contribution in [2.45, 2.75) is 13.0 Å². The molecule has 0 spiro atoms. The van der Waals surface area contributed by atoms with E-state index in [2.05, 4.69) is 38.0 Å². The third kappa shape index (κ3) is 2.89. The van der Waals surface area contributed by atoms with Crippen molar-refractivity contribution in [3.05, 3.63) is 59.6 Å². The summed E-state index contributed by atoms with van der Waals surface area (Å²) in [5.41, 5.74) is 7.93. The van der Waals surface area contributed by atoms with Crippen molar-refractivity contribution >= 4 is 28.3 Å². The average molecular weight is 339 g/mol. The van der Waals surface area contributed by atoms with Crippen LogP contribution in [0.1, 0.15) is 6.92 Å². The van der Waals surface area contributed by atoms with Crippen molar-refractivity contribution in [3.63, 3.8) is 0 Å². The second-order valence-electron chi connectivity index (χ2n) is 5.56. The quantitative estimate of drug-likeness (QED) is 0.681. The first-order chi connectivity index (χ1) is 11.7. The Bertz CT molecular complexity index is 925. The number of rotatable bonds is 3. The number of anilines is 1. The van der Waals surface area contributed by atoms with E-state index in [-0.39, 0.29) is 6.04 Å². The van der Waals surface area contributed by atoms with E-state index in [1.165, 1.54) is 0 Å². The summed E-state index contributed by atoms with van der Waals surface area (Å²) >= 11 is 6.15. The van der Waals surface area contributed by atoms with Crippen LogP contribution >= 0.6 is 11.6 Å². The molecule has 1 aromatic carbocycles. The van der Waals surface area contributed by atoms with Gasteiger partial charge in [-0.2, -0.15) is 0 Å². The molecule has 3 heterocycles. The van der Waals surface area contributed by atoms with E-state index in [0.717, 1.165) is 22.3 Å². The van der Waals surface area contributed by atoms with Crippen molar-refractivity contribution in [3.8, 4) is 11.4 Å². The Hall–Kier alpha value is -2.70. The number of hydrazine groups is 1. The molecular weight excluding hydrogens is 324 g/mol. The predicted octanol–water partition coefficient (Wildman–Crippen LogP) is 3.09. The van der Waals surface area contributed by atoms with Crippen molar-refractivity contribution in [2.75, 3.05) is 5.32 Å². The van der Waals surface area contributed by atoms with E-state index >= 15 is 0 Å². The molecule has 1 atom stereocenters. The van der Waals surface area contributed by atoms with E-state index in [0.29, 0.717) is 16.7 Å². The van der Waals surface area contributed by atoms with Crippen LogP contribution in [0.5, 0.6) is 0 Å². The predicted molar refractivity (Wildman–Crippen MR) is 95.2 cm³/mol. The minimum absolute atomic E-state index is 0.240. The fraction of sp³-hybridized carbons (Fsp3) is 0.118. The average Bonchev–Trinajstić information content (AvgIpc) is 3.01. The number of benzene rings is 1. The van der Waals surface area contributed by atoms with Crippen LogP contribution in [0.25, 0.3) is 22.3 Å². The first-order valence-electron chi connectivity index (χ1n) is 7.57. The van der Waals surface area contributed by atoms with Crippen molar-refractivity contribution in [2.24, 2.45) is 0 Å². The monoisotopic (exact) mass is 338 g/mol. The largest absolute Gasteiger partial charge is 0.325 e. The fourth-order valence-corrected chi connectivity index (χ4v) is 2.72. The molecular formula is C17H15ClN6. The molecule has 0 saturated heterocycles.